The Bertz CT molecular complexity index is 1260. The highest BCUT2D eigenvalue weighted by Gasteiger charge is 2.47. The molecule has 3 heterocycles. The van der Waals surface area contributed by atoms with Gasteiger partial charge in [-0.25, -0.2) is 4.68 Å². The fourth-order valence-electron chi connectivity index (χ4n) is 4.90. The van der Waals surface area contributed by atoms with Gasteiger partial charge in [0.2, 0.25) is 0 Å². The number of rotatable bonds is 4. The molecule has 3 aromatic rings. The van der Waals surface area contributed by atoms with Gasteiger partial charge in [0, 0.05) is 18.7 Å². The minimum absolute atomic E-state index is 0.0615. The summed E-state index contributed by atoms with van der Waals surface area (Å²) in [6, 6.07) is 9.99. The number of carbonyl (C=O) groups is 1. The zero-order chi connectivity index (χ0) is 24.7. The second kappa shape index (κ2) is 8.83. The smallest absolute Gasteiger partial charge is 0.410 e. The van der Waals surface area contributed by atoms with Crippen LogP contribution < -0.4 is 19.7 Å². The Morgan fingerprint density at radius 2 is 1.89 bits per heavy atom. The summed E-state index contributed by atoms with van der Waals surface area (Å²) in [6.07, 6.45) is -1.97. The van der Waals surface area contributed by atoms with E-state index < -0.39 is 18.3 Å². The van der Waals surface area contributed by atoms with Gasteiger partial charge in [0.15, 0.2) is 17.5 Å². The van der Waals surface area contributed by atoms with Gasteiger partial charge in [-0.3, -0.25) is 4.79 Å². The van der Waals surface area contributed by atoms with Gasteiger partial charge in [0.05, 0.1) is 26.5 Å². The molecule has 1 amide bonds. The molecule has 2 aliphatic heterocycles. The number of halogens is 3. The number of nitrogens with zero attached hydrogens (tertiary/aromatic N) is 3. The van der Waals surface area contributed by atoms with Crippen molar-refractivity contribution >= 4 is 17.4 Å². The van der Waals surface area contributed by atoms with Crippen molar-refractivity contribution in [2.45, 2.75) is 37.5 Å². The maximum absolute atomic E-state index is 14.1. The van der Waals surface area contributed by atoms with Crippen LogP contribution in [0.3, 0.4) is 0 Å². The first-order valence-corrected chi connectivity index (χ1v) is 11.3. The standard InChI is InChI=1S/C25H25F3N4O3/c1-34-20-10-9-16(12-21(20)35-2)18-13-22(25(26,27)28)32-23(30-18)17(14-29-32)24(33)31-11-5-7-15-6-3-4-8-19(15)31/h3-4,6,8-10,12,14,18,22,30H,5,7,11,13H2,1-2H3/t18-,22+/m0/s1. The van der Waals surface area contributed by atoms with Gasteiger partial charge in [-0.05, 0) is 42.2 Å². The highest BCUT2D eigenvalue weighted by molar-refractivity contribution is 6.09. The van der Waals surface area contributed by atoms with Gasteiger partial charge >= 0.3 is 6.18 Å². The molecule has 0 aliphatic carbocycles. The van der Waals surface area contributed by atoms with Crippen molar-refractivity contribution in [1.29, 1.82) is 0 Å². The molecular weight excluding hydrogens is 461 g/mol. The number of carbonyl (C=O) groups excluding carboxylic acids is 1. The number of aryl methyl sites for hydroxylation is 1. The maximum Gasteiger partial charge on any atom is 0.410 e. The maximum atomic E-state index is 14.1. The number of hydrogen-bond donors (Lipinski definition) is 1. The van der Waals surface area contributed by atoms with Gasteiger partial charge in [-0.1, -0.05) is 24.3 Å². The molecule has 7 nitrogen and oxygen atoms in total. The summed E-state index contributed by atoms with van der Waals surface area (Å²) < 4.78 is 53.8. The van der Waals surface area contributed by atoms with Crippen LogP contribution in [0.4, 0.5) is 24.7 Å². The predicted molar refractivity (Wildman–Crippen MR) is 124 cm³/mol. The monoisotopic (exact) mass is 486 g/mol. The van der Waals surface area contributed by atoms with Crippen LogP contribution >= 0.6 is 0 Å². The lowest BCUT2D eigenvalue weighted by Gasteiger charge is -2.35. The van der Waals surface area contributed by atoms with Crippen LogP contribution in [0.15, 0.2) is 48.7 Å². The van der Waals surface area contributed by atoms with Crippen molar-refractivity contribution in [1.82, 2.24) is 9.78 Å². The SMILES string of the molecule is COc1ccc([C@@H]2C[C@H](C(F)(F)F)n3ncc(C(=O)N4CCCc5ccccc54)c3N2)cc1OC. The summed E-state index contributed by atoms with van der Waals surface area (Å²) in [6.45, 7) is 0.488. The number of nitrogens with one attached hydrogen (secondary N) is 1. The first-order valence-electron chi connectivity index (χ1n) is 11.3. The van der Waals surface area contributed by atoms with Gasteiger partial charge in [0.25, 0.3) is 5.91 Å². The molecule has 5 rings (SSSR count). The molecule has 2 aromatic carbocycles. The molecule has 0 unspecified atom stereocenters. The van der Waals surface area contributed by atoms with E-state index in [0.29, 0.717) is 23.6 Å². The van der Waals surface area contributed by atoms with Gasteiger partial charge < -0.3 is 19.7 Å². The topological polar surface area (TPSA) is 68.6 Å². The summed E-state index contributed by atoms with van der Waals surface area (Å²) >= 11 is 0. The molecule has 0 radical (unpaired) electrons. The third kappa shape index (κ3) is 4.06. The molecule has 35 heavy (non-hydrogen) atoms. The Balaban J connectivity index is 1.54. The van der Waals surface area contributed by atoms with E-state index >= 15 is 0 Å². The average Bonchev–Trinajstić information content (AvgIpc) is 3.30. The van der Waals surface area contributed by atoms with E-state index in [0.717, 1.165) is 28.8 Å². The summed E-state index contributed by atoms with van der Waals surface area (Å²) in [5.74, 6) is 0.575. The summed E-state index contributed by atoms with van der Waals surface area (Å²) in [5.41, 5.74) is 2.52. The molecule has 184 valence electrons. The van der Waals surface area contributed by atoms with Crippen molar-refractivity contribution in [2.24, 2.45) is 0 Å². The van der Waals surface area contributed by atoms with Gasteiger partial charge in [-0.2, -0.15) is 18.3 Å². The number of para-hydroxylation sites is 1. The molecule has 0 spiro atoms. The second-order valence-corrected chi connectivity index (χ2v) is 8.64. The van der Waals surface area contributed by atoms with Crippen LogP contribution in [-0.2, 0) is 6.42 Å². The third-order valence-corrected chi connectivity index (χ3v) is 6.63. The van der Waals surface area contributed by atoms with Crippen LogP contribution in [0, 0.1) is 0 Å². The van der Waals surface area contributed by atoms with E-state index in [1.54, 1.807) is 23.1 Å². The Hall–Kier alpha value is -3.69. The van der Waals surface area contributed by atoms with Gasteiger partial charge in [-0.15, -0.1) is 0 Å². The molecule has 2 atom stereocenters. The van der Waals surface area contributed by atoms with Crippen molar-refractivity contribution < 1.29 is 27.4 Å². The highest BCUT2D eigenvalue weighted by Crippen LogP contribution is 2.45. The van der Waals surface area contributed by atoms with E-state index in [1.807, 2.05) is 24.3 Å². The Kier molecular flexibility index (Phi) is 5.82. The minimum Gasteiger partial charge on any atom is -0.493 e. The number of aromatic nitrogens is 2. The molecule has 0 saturated heterocycles. The molecule has 10 heteroatoms. The number of fused-ring (bicyclic) bond motifs is 2. The van der Waals surface area contributed by atoms with E-state index in [1.165, 1.54) is 20.4 Å². The number of ether oxygens (including phenoxy) is 2. The number of amides is 1. The normalized spacial score (nSPS) is 19.4. The van der Waals surface area contributed by atoms with Crippen molar-refractivity contribution in [2.75, 3.05) is 31.0 Å². The van der Waals surface area contributed by atoms with E-state index in [9.17, 15) is 18.0 Å². The Labute approximate surface area is 200 Å². The van der Waals surface area contributed by atoms with Crippen LogP contribution in [0.25, 0.3) is 0 Å². The van der Waals surface area contributed by atoms with Crippen LogP contribution in [-0.4, -0.2) is 42.6 Å². The summed E-state index contributed by atoms with van der Waals surface area (Å²) in [4.78, 5) is 15.2. The van der Waals surface area contributed by atoms with E-state index in [-0.39, 0.29) is 23.7 Å². The quantitative estimate of drug-likeness (QED) is 0.552. The fraction of sp³-hybridized carbons (Fsp3) is 0.360. The number of hydrogen-bond acceptors (Lipinski definition) is 5. The van der Waals surface area contributed by atoms with Crippen molar-refractivity contribution in [3.63, 3.8) is 0 Å². The number of anilines is 2. The minimum atomic E-state index is -4.55. The molecule has 0 bridgehead atoms. The molecule has 1 N–H and O–H groups in total. The lowest BCUT2D eigenvalue weighted by molar-refractivity contribution is -0.173. The average molecular weight is 486 g/mol. The van der Waals surface area contributed by atoms with Crippen LogP contribution in [0.2, 0.25) is 0 Å². The first kappa shape index (κ1) is 23.1. The molecular formula is C25H25F3N4O3. The molecule has 0 fully saturated rings. The van der Waals surface area contributed by atoms with E-state index in [2.05, 4.69) is 10.4 Å². The van der Waals surface area contributed by atoms with E-state index in [4.69, 9.17) is 9.47 Å². The number of methoxy groups -OCH3 is 2. The summed E-state index contributed by atoms with van der Waals surface area (Å²) in [5, 5.41) is 7.16. The summed E-state index contributed by atoms with van der Waals surface area (Å²) in [7, 11) is 2.96. The fourth-order valence-corrected chi connectivity index (χ4v) is 4.90. The van der Waals surface area contributed by atoms with Crippen molar-refractivity contribution in [3.8, 4) is 11.5 Å². The zero-order valence-electron chi connectivity index (χ0n) is 19.3. The first-order chi connectivity index (χ1) is 16.8. The molecule has 1 aromatic heterocycles. The second-order valence-electron chi connectivity index (χ2n) is 8.64. The lowest BCUT2D eigenvalue weighted by atomic mass is 9.96. The molecule has 0 saturated carbocycles. The third-order valence-electron chi connectivity index (χ3n) is 6.63. The predicted octanol–water partition coefficient (Wildman–Crippen LogP) is 5.15. The molecule has 2 aliphatic rings. The Morgan fingerprint density at radius 1 is 1.11 bits per heavy atom. The largest absolute Gasteiger partial charge is 0.493 e. The Morgan fingerprint density at radius 3 is 2.63 bits per heavy atom. The van der Waals surface area contributed by atoms with Crippen LogP contribution in [0.5, 0.6) is 11.5 Å². The zero-order valence-corrected chi connectivity index (χ0v) is 19.3. The number of benzene rings is 2. The lowest BCUT2D eigenvalue weighted by Crippen LogP contribution is -2.38. The van der Waals surface area contributed by atoms with Crippen molar-refractivity contribution in [3.05, 3.63) is 65.4 Å². The number of alkyl halides is 3. The van der Waals surface area contributed by atoms with Gasteiger partial charge in [0.1, 0.15) is 11.4 Å². The van der Waals surface area contributed by atoms with Crippen LogP contribution in [0.1, 0.15) is 46.4 Å². The highest BCUT2D eigenvalue weighted by atomic mass is 19.4.